The molecule has 0 saturated heterocycles. The summed E-state index contributed by atoms with van der Waals surface area (Å²) in [5.41, 5.74) is 4.87. The molecule has 1 aromatic carbocycles. The second-order valence-electron chi connectivity index (χ2n) is 7.33. The Hall–Kier alpha value is -2.44. The van der Waals surface area contributed by atoms with Crippen molar-refractivity contribution in [2.75, 3.05) is 27.3 Å². The third kappa shape index (κ3) is 7.43. The summed E-state index contributed by atoms with van der Waals surface area (Å²) in [5, 5.41) is 8.70. The van der Waals surface area contributed by atoms with Crippen molar-refractivity contribution < 1.29 is 14.6 Å². The summed E-state index contributed by atoms with van der Waals surface area (Å²) >= 11 is 0. The summed E-state index contributed by atoms with van der Waals surface area (Å²) in [6.07, 6.45) is 2.84. The van der Waals surface area contributed by atoms with E-state index in [2.05, 4.69) is 25.4 Å². The molecule has 1 aliphatic rings. The molecule has 0 bridgehead atoms. The summed E-state index contributed by atoms with van der Waals surface area (Å²) in [5.74, 6) is 0.672. The summed E-state index contributed by atoms with van der Waals surface area (Å²) in [6, 6.07) is 7.89. The van der Waals surface area contributed by atoms with Gasteiger partial charge in [-0.05, 0) is 37.8 Å². The number of aryl methyl sites for hydroxylation is 1. The Morgan fingerprint density at radius 2 is 1.70 bits per heavy atom. The number of ether oxygens (including phenoxy) is 1. The quantitative estimate of drug-likeness (QED) is 0.492. The van der Waals surface area contributed by atoms with Crippen LogP contribution in [-0.2, 0) is 17.8 Å². The van der Waals surface area contributed by atoms with Gasteiger partial charge in [-0.15, -0.1) is 0 Å². The van der Waals surface area contributed by atoms with Crippen molar-refractivity contribution in [1.82, 2.24) is 9.80 Å². The van der Waals surface area contributed by atoms with Gasteiger partial charge in [0, 0.05) is 44.1 Å². The molecule has 0 spiro atoms. The molecular formula is C24H37N3O3. The first kappa shape index (κ1) is 25.6. The zero-order chi connectivity index (χ0) is 22.7. The number of rotatable bonds is 8. The molecule has 0 aliphatic carbocycles. The van der Waals surface area contributed by atoms with Crippen LogP contribution in [0.5, 0.6) is 0 Å². The van der Waals surface area contributed by atoms with E-state index in [-0.39, 0.29) is 12.6 Å². The minimum absolute atomic E-state index is 0.116. The Labute approximate surface area is 181 Å². The summed E-state index contributed by atoms with van der Waals surface area (Å²) in [6.45, 7) is 13.6. The van der Waals surface area contributed by atoms with Crippen LogP contribution in [0.3, 0.4) is 0 Å². The number of amides is 2. The van der Waals surface area contributed by atoms with E-state index in [0.29, 0.717) is 18.1 Å². The van der Waals surface area contributed by atoms with E-state index >= 15 is 0 Å². The Bertz CT molecular complexity index is 743. The molecule has 1 aromatic rings. The minimum Gasteiger partial charge on any atom is -0.392 e. The third-order valence-electron chi connectivity index (χ3n) is 4.93. The van der Waals surface area contributed by atoms with E-state index < -0.39 is 0 Å². The van der Waals surface area contributed by atoms with E-state index in [1.54, 1.807) is 19.0 Å². The minimum atomic E-state index is -0.116. The van der Waals surface area contributed by atoms with E-state index in [4.69, 9.17) is 9.84 Å². The molecule has 6 heteroatoms. The number of aliphatic hydroxyl groups is 1. The van der Waals surface area contributed by atoms with Gasteiger partial charge < -0.3 is 9.84 Å². The van der Waals surface area contributed by atoms with Crippen LogP contribution in [0.2, 0.25) is 0 Å². The van der Waals surface area contributed by atoms with Crippen LogP contribution < -0.4 is 0 Å². The lowest BCUT2D eigenvalue weighted by molar-refractivity contribution is 0.142. The number of allylic oxidation sites excluding steroid dienone is 1. The zero-order valence-electron chi connectivity index (χ0n) is 19.4. The van der Waals surface area contributed by atoms with Gasteiger partial charge in [0.05, 0.1) is 13.2 Å². The van der Waals surface area contributed by atoms with Gasteiger partial charge in [0.1, 0.15) is 5.82 Å². The fourth-order valence-corrected chi connectivity index (χ4v) is 2.81. The van der Waals surface area contributed by atoms with Crippen molar-refractivity contribution in [3.05, 3.63) is 59.1 Å². The number of aliphatic hydroxyl groups excluding tert-OH is 1. The highest BCUT2D eigenvalue weighted by atomic mass is 16.5. The maximum absolute atomic E-state index is 12.0. The molecule has 30 heavy (non-hydrogen) atoms. The number of nitrogens with zero attached hydrogens (tertiary/aromatic N) is 3. The van der Waals surface area contributed by atoms with Crippen LogP contribution in [0.15, 0.2) is 52.9 Å². The number of aliphatic imine (C=N–C) groups is 1. The average Bonchev–Trinajstić information content (AvgIpc) is 2.77. The second-order valence-corrected chi connectivity index (χ2v) is 7.33. The zero-order valence-corrected chi connectivity index (χ0v) is 19.4. The number of likely N-dealkylation sites (N-methyl/N-ethyl adjacent to an activating group) is 1. The number of hydrogen-bond acceptors (Lipinski definition) is 4. The van der Waals surface area contributed by atoms with Crippen molar-refractivity contribution >= 4 is 11.7 Å². The molecule has 1 aliphatic heterocycles. The van der Waals surface area contributed by atoms with Gasteiger partial charge in [-0.2, -0.15) is 0 Å². The number of carbonyl (C=O) groups is 1. The van der Waals surface area contributed by atoms with Crippen LogP contribution in [0.25, 0.3) is 0 Å². The van der Waals surface area contributed by atoms with E-state index in [9.17, 15) is 4.79 Å². The summed E-state index contributed by atoms with van der Waals surface area (Å²) in [4.78, 5) is 19.7. The first-order chi connectivity index (χ1) is 14.3. The predicted molar refractivity (Wildman–Crippen MR) is 123 cm³/mol. The molecule has 1 heterocycles. The number of benzene rings is 1. The maximum atomic E-state index is 12.0. The van der Waals surface area contributed by atoms with Crippen LogP contribution >= 0.6 is 0 Å². The molecule has 0 fully saturated rings. The van der Waals surface area contributed by atoms with Crippen molar-refractivity contribution in [2.24, 2.45) is 4.99 Å². The molecule has 0 saturated carbocycles. The summed E-state index contributed by atoms with van der Waals surface area (Å²) < 4.78 is 5.45. The fraction of sp³-hybridized carbons (Fsp3) is 0.500. The van der Waals surface area contributed by atoms with Crippen LogP contribution in [-0.4, -0.2) is 54.0 Å². The lowest BCUT2D eigenvalue weighted by atomic mass is 10.1. The Morgan fingerprint density at radius 3 is 2.23 bits per heavy atom. The molecule has 166 valence electrons. The third-order valence-corrected chi connectivity index (χ3v) is 4.93. The van der Waals surface area contributed by atoms with E-state index in [0.717, 1.165) is 42.7 Å². The van der Waals surface area contributed by atoms with Crippen molar-refractivity contribution in [1.29, 1.82) is 0 Å². The van der Waals surface area contributed by atoms with Gasteiger partial charge in [-0.25, -0.2) is 9.79 Å². The largest absolute Gasteiger partial charge is 0.392 e. The number of carbonyl (C=O) groups excluding carboxylic acids is 1. The van der Waals surface area contributed by atoms with Gasteiger partial charge >= 0.3 is 6.03 Å². The molecule has 0 aromatic heterocycles. The molecule has 2 rings (SSSR count). The summed E-state index contributed by atoms with van der Waals surface area (Å²) in [7, 11) is 3.45. The normalized spacial score (nSPS) is 14.8. The molecule has 0 radical (unpaired) electrons. The highest BCUT2D eigenvalue weighted by molar-refractivity contribution is 5.86. The van der Waals surface area contributed by atoms with Gasteiger partial charge in [0.15, 0.2) is 0 Å². The van der Waals surface area contributed by atoms with Gasteiger partial charge in [-0.3, -0.25) is 9.80 Å². The van der Waals surface area contributed by atoms with Crippen LogP contribution in [0, 0.1) is 0 Å². The van der Waals surface area contributed by atoms with Gasteiger partial charge in [-0.1, -0.05) is 44.7 Å². The Morgan fingerprint density at radius 1 is 1.10 bits per heavy atom. The first-order valence-electron chi connectivity index (χ1n) is 10.5. The number of hydrogen-bond donors (Lipinski definition) is 1. The average molecular weight is 416 g/mol. The monoisotopic (exact) mass is 415 g/mol. The second kappa shape index (κ2) is 13.0. The predicted octanol–water partition coefficient (Wildman–Crippen LogP) is 4.75. The highest BCUT2D eigenvalue weighted by Gasteiger charge is 2.28. The highest BCUT2D eigenvalue weighted by Crippen LogP contribution is 2.26. The SMILES string of the molecule is C=C1C(C)=C(/N=C(\C)CCOCCC)N(C)C(=O)N1C.CCc1ccc(CO)cc1. The lowest BCUT2D eigenvalue weighted by Crippen LogP contribution is -2.42. The standard InChI is InChI=1S/C15H25N3O2.C9H12O/c1-7-9-20-10-8-11(2)16-14-12(3)13(4)17(5)15(19)18(14)6;1-2-8-3-5-9(7-10)6-4-8/h4,7-10H2,1-3,5-6H3;3-6,10H,2,7H2,1H3/b16-11+;. The van der Waals surface area contributed by atoms with E-state index in [1.165, 1.54) is 10.5 Å². The van der Waals surface area contributed by atoms with E-state index in [1.807, 2.05) is 38.1 Å². The molecule has 6 nitrogen and oxygen atoms in total. The van der Waals surface area contributed by atoms with Crippen molar-refractivity contribution in [3.63, 3.8) is 0 Å². The lowest BCUT2D eigenvalue weighted by Gasteiger charge is -2.33. The Kier molecular flexibility index (Phi) is 11.1. The van der Waals surface area contributed by atoms with Crippen LogP contribution in [0.1, 0.15) is 51.7 Å². The molecule has 2 amide bonds. The molecular weight excluding hydrogens is 378 g/mol. The fourth-order valence-electron chi connectivity index (χ4n) is 2.81. The molecule has 0 atom stereocenters. The number of urea groups is 1. The van der Waals surface area contributed by atoms with Crippen molar-refractivity contribution in [2.45, 2.75) is 53.6 Å². The van der Waals surface area contributed by atoms with Crippen LogP contribution in [0.4, 0.5) is 4.79 Å². The van der Waals surface area contributed by atoms with Gasteiger partial charge in [0.25, 0.3) is 0 Å². The first-order valence-corrected chi connectivity index (χ1v) is 10.5. The topological polar surface area (TPSA) is 65.4 Å². The smallest absolute Gasteiger partial charge is 0.329 e. The van der Waals surface area contributed by atoms with Gasteiger partial charge in [0.2, 0.25) is 0 Å². The van der Waals surface area contributed by atoms with Crippen molar-refractivity contribution in [3.8, 4) is 0 Å². The maximum Gasteiger partial charge on any atom is 0.329 e. The molecule has 0 unspecified atom stereocenters. The Balaban J connectivity index is 0.000000375. The molecule has 1 N–H and O–H groups in total.